The second kappa shape index (κ2) is 9.35. The van der Waals surface area contributed by atoms with Gasteiger partial charge in [0.1, 0.15) is 11.5 Å². The molecule has 2 aromatic carbocycles. The van der Waals surface area contributed by atoms with E-state index in [9.17, 15) is 13.2 Å². The molecule has 0 aromatic heterocycles. The van der Waals surface area contributed by atoms with Crippen LogP contribution in [0, 0.1) is 0 Å². The summed E-state index contributed by atoms with van der Waals surface area (Å²) in [4.78, 5) is 0. The van der Waals surface area contributed by atoms with Gasteiger partial charge in [-0.05, 0) is 54.7 Å². The van der Waals surface area contributed by atoms with Crippen molar-refractivity contribution >= 4 is 0 Å². The molecule has 0 fully saturated rings. The highest BCUT2D eigenvalue weighted by Crippen LogP contribution is 2.23. The van der Waals surface area contributed by atoms with Crippen LogP contribution < -0.4 is 9.47 Å². The summed E-state index contributed by atoms with van der Waals surface area (Å²) in [6.07, 6.45) is 0.323. The topological polar surface area (TPSA) is 18.5 Å². The number of aryl methyl sites for hydroxylation is 2. The zero-order chi connectivity index (χ0) is 18.1. The zero-order valence-corrected chi connectivity index (χ0v) is 14.3. The van der Waals surface area contributed by atoms with Gasteiger partial charge in [0.15, 0.2) is 0 Å². The van der Waals surface area contributed by atoms with Crippen LogP contribution in [-0.4, -0.2) is 13.0 Å². The van der Waals surface area contributed by atoms with Crippen molar-refractivity contribution in [3.05, 3.63) is 59.7 Å². The Balaban J connectivity index is 1.79. The quantitative estimate of drug-likeness (QED) is 0.520. The molecule has 0 spiro atoms. The first-order chi connectivity index (χ1) is 12.0. The minimum Gasteiger partial charge on any atom is -0.494 e. The fraction of sp³-hybridized carbons (Fsp3) is 0.400. The van der Waals surface area contributed by atoms with Crippen molar-refractivity contribution in [3.8, 4) is 11.5 Å². The van der Waals surface area contributed by atoms with Crippen LogP contribution in [0.4, 0.5) is 13.2 Å². The number of benzene rings is 2. The summed E-state index contributed by atoms with van der Waals surface area (Å²) in [5, 5.41) is 0. The summed E-state index contributed by atoms with van der Waals surface area (Å²) >= 11 is 0. The van der Waals surface area contributed by atoms with Gasteiger partial charge in [-0.15, -0.1) is 13.2 Å². The van der Waals surface area contributed by atoms with E-state index in [0.717, 1.165) is 42.7 Å². The number of hydrogen-bond acceptors (Lipinski definition) is 2. The molecule has 0 aliphatic rings. The molecule has 5 heteroatoms. The maximum absolute atomic E-state index is 12.1. The summed E-state index contributed by atoms with van der Waals surface area (Å²) in [6.45, 7) is 2.89. The molecule has 2 nitrogen and oxygen atoms in total. The van der Waals surface area contributed by atoms with Gasteiger partial charge < -0.3 is 9.47 Å². The van der Waals surface area contributed by atoms with Crippen LogP contribution in [-0.2, 0) is 12.8 Å². The Morgan fingerprint density at radius 1 is 0.760 bits per heavy atom. The summed E-state index contributed by atoms with van der Waals surface area (Å²) < 4.78 is 45.9. The molecule has 0 aliphatic heterocycles. The van der Waals surface area contributed by atoms with Crippen LogP contribution in [0.1, 0.15) is 37.3 Å². The van der Waals surface area contributed by atoms with Crippen LogP contribution in [0.5, 0.6) is 11.5 Å². The summed E-state index contributed by atoms with van der Waals surface area (Å²) in [5.74, 6) is 0.675. The highest BCUT2D eigenvalue weighted by molar-refractivity contribution is 5.30. The molecule has 0 radical (unpaired) electrons. The lowest BCUT2D eigenvalue weighted by atomic mass is 10.0. The summed E-state index contributed by atoms with van der Waals surface area (Å²) in [6, 6.07) is 14.0. The van der Waals surface area contributed by atoms with Gasteiger partial charge in [0.25, 0.3) is 0 Å². The van der Waals surface area contributed by atoms with E-state index < -0.39 is 6.36 Å². The van der Waals surface area contributed by atoms with Crippen LogP contribution in [0.3, 0.4) is 0 Å². The molecule has 2 aromatic rings. The van der Waals surface area contributed by atoms with E-state index in [1.54, 1.807) is 12.1 Å². The number of ether oxygens (including phenoxy) is 2. The molecule has 0 aliphatic carbocycles. The van der Waals surface area contributed by atoms with E-state index >= 15 is 0 Å². The molecular weight excluding hydrogens is 329 g/mol. The van der Waals surface area contributed by atoms with Crippen molar-refractivity contribution in [2.24, 2.45) is 0 Å². The third-order valence-corrected chi connectivity index (χ3v) is 3.80. The SMILES string of the molecule is CCCCCOc1ccc(CCc2ccc(OC(F)(F)F)cc2)cc1. The molecule has 136 valence electrons. The number of alkyl halides is 3. The van der Waals surface area contributed by atoms with Gasteiger partial charge in [-0.3, -0.25) is 0 Å². The third kappa shape index (κ3) is 7.50. The number of hydrogen-bond donors (Lipinski definition) is 0. The standard InChI is InChI=1S/C20H23F3O2/c1-2-3-4-15-24-18-11-7-16(8-12-18)5-6-17-9-13-19(14-10-17)25-20(21,22)23/h7-14H,2-6,15H2,1H3. The van der Waals surface area contributed by atoms with E-state index in [1.165, 1.54) is 25.0 Å². The first kappa shape index (κ1) is 19.2. The molecule has 0 N–H and O–H groups in total. The Morgan fingerprint density at radius 3 is 1.76 bits per heavy atom. The van der Waals surface area contributed by atoms with Gasteiger partial charge in [-0.25, -0.2) is 0 Å². The molecular formula is C20H23F3O2. The monoisotopic (exact) mass is 352 g/mol. The van der Waals surface area contributed by atoms with Crippen molar-refractivity contribution in [3.63, 3.8) is 0 Å². The van der Waals surface area contributed by atoms with Crippen molar-refractivity contribution in [1.29, 1.82) is 0 Å². The Morgan fingerprint density at radius 2 is 1.28 bits per heavy atom. The largest absolute Gasteiger partial charge is 0.573 e. The predicted molar refractivity (Wildman–Crippen MR) is 92.0 cm³/mol. The lowest BCUT2D eigenvalue weighted by Crippen LogP contribution is -2.17. The summed E-state index contributed by atoms with van der Waals surface area (Å²) in [5.41, 5.74) is 2.13. The summed E-state index contributed by atoms with van der Waals surface area (Å²) in [7, 11) is 0. The molecule has 0 unspecified atom stereocenters. The number of rotatable bonds is 9. The maximum Gasteiger partial charge on any atom is 0.573 e. The fourth-order valence-electron chi connectivity index (χ4n) is 2.44. The second-order valence-corrected chi connectivity index (χ2v) is 5.89. The Bertz CT molecular complexity index is 619. The first-order valence-electron chi connectivity index (χ1n) is 8.52. The molecule has 25 heavy (non-hydrogen) atoms. The smallest absolute Gasteiger partial charge is 0.494 e. The maximum atomic E-state index is 12.1. The molecule has 0 bridgehead atoms. The van der Waals surface area contributed by atoms with E-state index in [2.05, 4.69) is 11.7 Å². The first-order valence-corrected chi connectivity index (χ1v) is 8.52. The normalized spacial score (nSPS) is 11.4. The molecule has 0 heterocycles. The van der Waals surface area contributed by atoms with E-state index in [4.69, 9.17) is 4.74 Å². The molecule has 0 saturated heterocycles. The van der Waals surface area contributed by atoms with Crippen LogP contribution in [0.15, 0.2) is 48.5 Å². The van der Waals surface area contributed by atoms with Crippen LogP contribution in [0.25, 0.3) is 0 Å². The van der Waals surface area contributed by atoms with Gasteiger partial charge in [-0.2, -0.15) is 0 Å². The van der Waals surface area contributed by atoms with Crippen LogP contribution >= 0.6 is 0 Å². The fourth-order valence-corrected chi connectivity index (χ4v) is 2.44. The van der Waals surface area contributed by atoms with Crippen molar-refractivity contribution in [1.82, 2.24) is 0 Å². The molecule has 2 rings (SSSR count). The van der Waals surface area contributed by atoms with Gasteiger partial charge in [0.2, 0.25) is 0 Å². The predicted octanol–water partition coefficient (Wildman–Crippen LogP) is 5.94. The van der Waals surface area contributed by atoms with Gasteiger partial charge in [0.05, 0.1) is 6.61 Å². The van der Waals surface area contributed by atoms with Gasteiger partial charge in [0, 0.05) is 0 Å². The highest BCUT2D eigenvalue weighted by atomic mass is 19.4. The zero-order valence-electron chi connectivity index (χ0n) is 14.3. The van der Waals surface area contributed by atoms with Crippen molar-refractivity contribution in [2.75, 3.05) is 6.61 Å². The average molecular weight is 352 g/mol. The Kier molecular flexibility index (Phi) is 7.16. The van der Waals surface area contributed by atoms with E-state index in [1.807, 2.05) is 24.3 Å². The molecule has 0 atom stereocenters. The third-order valence-electron chi connectivity index (χ3n) is 3.80. The minimum atomic E-state index is -4.65. The lowest BCUT2D eigenvalue weighted by molar-refractivity contribution is -0.274. The average Bonchev–Trinajstić information content (AvgIpc) is 2.58. The molecule has 0 saturated carbocycles. The number of halogens is 3. The molecule has 0 amide bonds. The number of unbranched alkanes of at least 4 members (excludes halogenated alkanes) is 2. The van der Waals surface area contributed by atoms with Crippen molar-refractivity contribution in [2.45, 2.75) is 45.4 Å². The Hall–Kier alpha value is -2.17. The second-order valence-electron chi connectivity index (χ2n) is 5.89. The Labute approximate surface area is 146 Å². The van der Waals surface area contributed by atoms with Gasteiger partial charge in [-0.1, -0.05) is 44.0 Å². The van der Waals surface area contributed by atoms with Crippen LogP contribution in [0.2, 0.25) is 0 Å². The van der Waals surface area contributed by atoms with Gasteiger partial charge >= 0.3 is 6.36 Å². The van der Waals surface area contributed by atoms with E-state index in [-0.39, 0.29) is 5.75 Å². The van der Waals surface area contributed by atoms with Crippen molar-refractivity contribution < 1.29 is 22.6 Å². The lowest BCUT2D eigenvalue weighted by Gasteiger charge is -2.09. The van der Waals surface area contributed by atoms with E-state index in [0.29, 0.717) is 0 Å². The minimum absolute atomic E-state index is 0.194. The highest BCUT2D eigenvalue weighted by Gasteiger charge is 2.30.